The van der Waals surface area contributed by atoms with E-state index in [1.165, 1.54) is 16.5 Å². The van der Waals surface area contributed by atoms with Crippen LogP contribution in [-0.2, 0) is 16.0 Å². The van der Waals surface area contributed by atoms with Crippen LogP contribution in [-0.4, -0.2) is 18.1 Å². The van der Waals surface area contributed by atoms with E-state index in [4.69, 9.17) is 0 Å². The quantitative estimate of drug-likeness (QED) is 0.806. The number of aromatic amines is 1. The molecule has 2 aromatic rings. The monoisotopic (exact) mass is 219 g/mol. The summed E-state index contributed by atoms with van der Waals surface area (Å²) in [6.07, 6.45) is 3.19. The van der Waals surface area contributed by atoms with Gasteiger partial charge in [-0.1, -0.05) is 25.1 Å². The van der Waals surface area contributed by atoms with Crippen LogP contribution in [0.4, 0.5) is 0 Å². The van der Waals surface area contributed by atoms with E-state index in [-0.39, 0.29) is 0 Å². The first-order valence-corrected chi connectivity index (χ1v) is 5.43. The van der Waals surface area contributed by atoms with E-state index in [1.807, 2.05) is 0 Å². The fraction of sp³-hybridized carbons (Fsp3) is 0.308. The van der Waals surface area contributed by atoms with E-state index in [0.29, 0.717) is 13.1 Å². The van der Waals surface area contributed by atoms with Crippen molar-refractivity contribution in [2.75, 3.05) is 6.61 Å². The third kappa shape index (κ3) is 3.12. The van der Waals surface area contributed by atoms with Crippen molar-refractivity contribution in [3.8, 4) is 0 Å². The summed E-state index contributed by atoms with van der Waals surface area (Å²) < 4.78 is 4.15. The maximum atomic E-state index is 9.18. The summed E-state index contributed by atoms with van der Waals surface area (Å²) in [4.78, 5) is 12.4. The Morgan fingerprint density at radius 3 is 2.62 bits per heavy atom. The van der Waals surface area contributed by atoms with E-state index in [2.05, 4.69) is 47.1 Å². The standard InChI is InChI=1S/C10H11N.C3H6O2/c1-2-8-7-11-10-6-4-3-5-9(8)10;1-2-5-3-4/h3-7,11H,2H2,1H3;3H,2H2,1H3. The van der Waals surface area contributed by atoms with Crippen molar-refractivity contribution in [1.29, 1.82) is 0 Å². The Bertz CT molecular complexity index is 434. The number of carbonyl (C=O) groups excluding carboxylic acids is 1. The molecule has 0 radical (unpaired) electrons. The van der Waals surface area contributed by atoms with E-state index in [1.54, 1.807) is 6.92 Å². The highest BCUT2D eigenvalue weighted by Gasteiger charge is 1.97. The van der Waals surface area contributed by atoms with Crippen molar-refractivity contribution in [1.82, 2.24) is 4.98 Å². The zero-order chi connectivity index (χ0) is 11.8. The van der Waals surface area contributed by atoms with E-state index in [9.17, 15) is 4.79 Å². The van der Waals surface area contributed by atoms with Crippen LogP contribution in [0.1, 0.15) is 19.4 Å². The Labute approximate surface area is 95.4 Å². The van der Waals surface area contributed by atoms with Crippen molar-refractivity contribution in [3.05, 3.63) is 36.0 Å². The number of aromatic nitrogens is 1. The van der Waals surface area contributed by atoms with Crippen molar-refractivity contribution in [2.24, 2.45) is 0 Å². The average Bonchev–Trinajstić information content (AvgIpc) is 2.74. The molecule has 1 aromatic carbocycles. The number of hydrogen-bond acceptors (Lipinski definition) is 2. The molecule has 0 unspecified atom stereocenters. The molecular formula is C13H17NO2. The fourth-order valence-corrected chi connectivity index (χ4v) is 1.49. The van der Waals surface area contributed by atoms with Crippen molar-refractivity contribution < 1.29 is 9.53 Å². The SMILES string of the molecule is CCOC=O.CCc1c[nH]c2ccccc12. The predicted molar refractivity (Wildman–Crippen MR) is 65.4 cm³/mol. The second kappa shape index (κ2) is 6.67. The fourth-order valence-electron chi connectivity index (χ4n) is 1.49. The molecule has 0 saturated heterocycles. The number of rotatable bonds is 3. The maximum Gasteiger partial charge on any atom is 0.293 e. The topological polar surface area (TPSA) is 42.1 Å². The summed E-state index contributed by atoms with van der Waals surface area (Å²) in [6, 6.07) is 8.40. The second-order valence-electron chi connectivity index (χ2n) is 3.26. The summed E-state index contributed by atoms with van der Waals surface area (Å²) in [6.45, 7) is 4.84. The summed E-state index contributed by atoms with van der Waals surface area (Å²) >= 11 is 0. The Morgan fingerprint density at radius 1 is 1.31 bits per heavy atom. The van der Waals surface area contributed by atoms with Crippen molar-refractivity contribution >= 4 is 17.4 Å². The molecular weight excluding hydrogens is 202 g/mol. The van der Waals surface area contributed by atoms with Crippen LogP contribution in [0.5, 0.6) is 0 Å². The second-order valence-corrected chi connectivity index (χ2v) is 3.26. The van der Waals surface area contributed by atoms with Crippen LogP contribution in [0.25, 0.3) is 10.9 Å². The molecule has 0 saturated carbocycles. The largest absolute Gasteiger partial charge is 0.468 e. The molecule has 0 amide bonds. The zero-order valence-electron chi connectivity index (χ0n) is 9.69. The lowest BCUT2D eigenvalue weighted by Gasteiger charge is -1.90. The molecule has 0 bridgehead atoms. The molecule has 0 spiro atoms. The molecule has 0 aliphatic heterocycles. The third-order valence-corrected chi connectivity index (χ3v) is 2.29. The van der Waals surface area contributed by atoms with Crippen LogP contribution in [0.2, 0.25) is 0 Å². The number of benzene rings is 1. The van der Waals surface area contributed by atoms with Gasteiger partial charge in [0.15, 0.2) is 0 Å². The van der Waals surface area contributed by atoms with Crippen LogP contribution in [0.15, 0.2) is 30.5 Å². The van der Waals surface area contributed by atoms with Crippen molar-refractivity contribution in [2.45, 2.75) is 20.3 Å². The Kier molecular flexibility index (Phi) is 5.12. The van der Waals surface area contributed by atoms with Crippen LogP contribution >= 0.6 is 0 Å². The van der Waals surface area contributed by atoms with Gasteiger partial charge in [-0.05, 0) is 25.0 Å². The van der Waals surface area contributed by atoms with Gasteiger partial charge in [-0.3, -0.25) is 4.79 Å². The van der Waals surface area contributed by atoms with Gasteiger partial charge in [0.1, 0.15) is 0 Å². The highest BCUT2D eigenvalue weighted by molar-refractivity contribution is 5.82. The molecule has 2 rings (SSSR count). The number of para-hydroxylation sites is 1. The van der Waals surface area contributed by atoms with Gasteiger partial charge in [0.05, 0.1) is 6.61 Å². The van der Waals surface area contributed by atoms with Gasteiger partial charge in [-0.25, -0.2) is 0 Å². The molecule has 0 fully saturated rings. The van der Waals surface area contributed by atoms with E-state index < -0.39 is 0 Å². The minimum absolute atomic E-state index is 0.431. The Hall–Kier alpha value is -1.77. The normalized spacial score (nSPS) is 9.38. The highest BCUT2D eigenvalue weighted by Crippen LogP contribution is 2.17. The molecule has 3 heteroatoms. The molecule has 3 nitrogen and oxygen atoms in total. The first-order valence-electron chi connectivity index (χ1n) is 5.43. The Morgan fingerprint density at radius 2 is 2.06 bits per heavy atom. The zero-order valence-corrected chi connectivity index (χ0v) is 9.69. The van der Waals surface area contributed by atoms with Gasteiger partial charge in [-0.2, -0.15) is 0 Å². The number of fused-ring (bicyclic) bond motifs is 1. The molecule has 1 N–H and O–H groups in total. The first-order chi connectivity index (χ1) is 7.83. The number of nitrogens with one attached hydrogen (secondary N) is 1. The minimum Gasteiger partial charge on any atom is -0.468 e. The molecule has 0 aliphatic rings. The number of aryl methyl sites for hydroxylation is 1. The summed E-state index contributed by atoms with van der Waals surface area (Å²) in [5.74, 6) is 0. The molecule has 1 aromatic heterocycles. The first kappa shape index (κ1) is 12.3. The lowest BCUT2D eigenvalue weighted by atomic mass is 10.1. The number of carbonyl (C=O) groups is 1. The molecule has 0 aliphatic carbocycles. The van der Waals surface area contributed by atoms with Gasteiger partial charge in [0.2, 0.25) is 0 Å². The summed E-state index contributed by atoms with van der Waals surface area (Å²) in [5.41, 5.74) is 2.64. The maximum absolute atomic E-state index is 9.18. The van der Waals surface area contributed by atoms with Gasteiger partial charge >= 0.3 is 0 Å². The average molecular weight is 219 g/mol. The Balaban J connectivity index is 0.000000221. The smallest absolute Gasteiger partial charge is 0.293 e. The van der Waals surface area contributed by atoms with Gasteiger partial charge in [0, 0.05) is 17.1 Å². The van der Waals surface area contributed by atoms with Gasteiger partial charge < -0.3 is 9.72 Å². The summed E-state index contributed by atoms with van der Waals surface area (Å²) in [5, 5.41) is 1.36. The number of hydrogen-bond donors (Lipinski definition) is 1. The number of H-pyrrole nitrogens is 1. The van der Waals surface area contributed by atoms with Gasteiger partial charge in [0.25, 0.3) is 6.47 Å². The molecule has 86 valence electrons. The minimum atomic E-state index is 0.431. The third-order valence-electron chi connectivity index (χ3n) is 2.29. The highest BCUT2D eigenvalue weighted by atomic mass is 16.5. The van der Waals surface area contributed by atoms with Crippen LogP contribution < -0.4 is 0 Å². The van der Waals surface area contributed by atoms with Crippen LogP contribution in [0, 0.1) is 0 Å². The van der Waals surface area contributed by atoms with Crippen molar-refractivity contribution in [3.63, 3.8) is 0 Å². The van der Waals surface area contributed by atoms with E-state index in [0.717, 1.165) is 6.42 Å². The lowest BCUT2D eigenvalue weighted by Crippen LogP contribution is -1.80. The van der Waals surface area contributed by atoms with Gasteiger partial charge in [-0.15, -0.1) is 0 Å². The lowest BCUT2D eigenvalue weighted by molar-refractivity contribution is -0.128. The molecule has 16 heavy (non-hydrogen) atoms. The predicted octanol–water partition coefficient (Wildman–Crippen LogP) is 2.91. The molecule has 0 atom stereocenters. The summed E-state index contributed by atoms with van der Waals surface area (Å²) in [7, 11) is 0. The number of ether oxygens (including phenoxy) is 1. The molecule has 1 heterocycles. The van der Waals surface area contributed by atoms with Crippen LogP contribution in [0.3, 0.4) is 0 Å². The van der Waals surface area contributed by atoms with E-state index >= 15 is 0 Å².